The molecule has 0 radical (unpaired) electrons. The molecule has 0 aliphatic carbocycles. The first-order valence-corrected chi connectivity index (χ1v) is 5.58. The molecule has 15 heavy (non-hydrogen) atoms. The second kappa shape index (κ2) is 4.49. The normalized spacial score (nSPS) is 14.2. The third-order valence-corrected chi connectivity index (χ3v) is 2.74. The predicted octanol–water partition coefficient (Wildman–Crippen LogP) is 3.05. The minimum atomic E-state index is 0.0928. The minimum absolute atomic E-state index is 0.0928. The number of nitrogens with one attached hydrogen (secondary N) is 1. The van der Waals surface area contributed by atoms with Crippen molar-refractivity contribution in [1.29, 1.82) is 0 Å². The van der Waals surface area contributed by atoms with Crippen LogP contribution in [-0.4, -0.2) is 23.3 Å². The molecule has 0 aliphatic rings. The fourth-order valence-electron chi connectivity index (χ4n) is 1.71. The van der Waals surface area contributed by atoms with Gasteiger partial charge in [-0.25, -0.2) is 0 Å². The van der Waals surface area contributed by atoms with Gasteiger partial charge in [-0.05, 0) is 19.1 Å². The van der Waals surface area contributed by atoms with Crippen LogP contribution < -0.4 is 0 Å². The zero-order valence-electron chi connectivity index (χ0n) is 10.1. The van der Waals surface area contributed by atoms with Gasteiger partial charge in [-0.1, -0.05) is 20.8 Å². The summed E-state index contributed by atoms with van der Waals surface area (Å²) in [6.45, 7) is 9.33. The molecule has 0 fully saturated rings. The zero-order chi connectivity index (χ0) is 11.6. The lowest BCUT2D eigenvalue weighted by Gasteiger charge is -2.24. The number of ether oxygens (including phenoxy) is 1. The van der Waals surface area contributed by atoms with Gasteiger partial charge in [0.15, 0.2) is 4.77 Å². The van der Waals surface area contributed by atoms with Crippen LogP contribution >= 0.6 is 12.2 Å². The van der Waals surface area contributed by atoms with Crippen molar-refractivity contribution < 1.29 is 4.74 Å². The Morgan fingerprint density at radius 1 is 1.53 bits per heavy atom. The molecule has 3 nitrogen and oxygen atoms in total. The van der Waals surface area contributed by atoms with Crippen molar-refractivity contribution in [2.24, 2.45) is 0 Å². The Morgan fingerprint density at radius 3 is 2.60 bits per heavy atom. The van der Waals surface area contributed by atoms with Gasteiger partial charge in [-0.15, -0.1) is 0 Å². The summed E-state index contributed by atoms with van der Waals surface area (Å²) >= 11 is 5.28. The third kappa shape index (κ3) is 2.69. The van der Waals surface area contributed by atoms with E-state index in [1.54, 1.807) is 7.11 Å². The van der Waals surface area contributed by atoms with Gasteiger partial charge in [-0.2, -0.15) is 0 Å². The average Bonchev–Trinajstić information content (AvgIpc) is 2.46. The number of H-pyrrole nitrogens is 1. The number of rotatable bonds is 3. The fraction of sp³-hybridized carbons (Fsp3) is 0.727. The molecule has 0 amide bonds. The molecule has 0 spiro atoms. The van der Waals surface area contributed by atoms with Crippen LogP contribution in [-0.2, 0) is 10.2 Å². The molecule has 0 saturated carbocycles. The van der Waals surface area contributed by atoms with E-state index in [9.17, 15) is 0 Å². The maximum absolute atomic E-state index is 5.28. The molecule has 1 atom stereocenters. The van der Waals surface area contributed by atoms with Gasteiger partial charge in [0.2, 0.25) is 0 Å². The van der Waals surface area contributed by atoms with Crippen LogP contribution in [0.5, 0.6) is 0 Å². The Kier molecular flexibility index (Phi) is 3.73. The molecular formula is C11H20N2OS. The Labute approximate surface area is 96.5 Å². The van der Waals surface area contributed by atoms with Crippen molar-refractivity contribution in [1.82, 2.24) is 9.55 Å². The fourth-order valence-corrected chi connectivity index (χ4v) is 2.05. The molecule has 86 valence electrons. The number of nitrogens with zero attached hydrogens (tertiary/aromatic N) is 1. The molecule has 0 aromatic carbocycles. The summed E-state index contributed by atoms with van der Waals surface area (Å²) in [6, 6.07) is 0.267. The second-order valence-electron chi connectivity index (χ2n) is 4.90. The molecule has 0 saturated heterocycles. The number of aromatic nitrogens is 2. The van der Waals surface area contributed by atoms with Gasteiger partial charge in [-0.3, -0.25) is 0 Å². The Bertz CT molecular complexity index is 373. The molecule has 0 bridgehead atoms. The van der Waals surface area contributed by atoms with E-state index < -0.39 is 0 Å². The smallest absolute Gasteiger partial charge is 0.177 e. The van der Waals surface area contributed by atoms with E-state index >= 15 is 0 Å². The summed E-state index contributed by atoms with van der Waals surface area (Å²) < 4.78 is 8.07. The molecule has 1 unspecified atom stereocenters. The van der Waals surface area contributed by atoms with Crippen molar-refractivity contribution in [3.63, 3.8) is 0 Å². The number of aromatic amines is 1. The lowest BCUT2D eigenvalue weighted by molar-refractivity contribution is 0.159. The van der Waals surface area contributed by atoms with E-state index in [-0.39, 0.29) is 11.5 Å². The van der Waals surface area contributed by atoms with Gasteiger partial charge in [0, 0.05) is 24.4 Å². The lowest BCUT2D eigenvalue weighted by atomic mass is 9.92. The topological polar surface area (TPSA) is 29.9 Å². The van der Waals surface area contributed by atoms with E-state index in [0.717, 1.165) is 4.77 Å². The first-order chi connectivity index (χ1) is 6.88. The van der Waals surface area contributed by atoms with Crippen molar-refractivity contribution >= 4 is 12.2 Å². The van der Waals surface area contributed by atoms with Gasteiger partial charge in [0.1, 0.15) is 0 Å². The molecule has 1 rings (SSSR count). The van der Waals surface area contributed by atoms with Crippen molar-refractivity contribution in [2.45, 2.75) is 39.2 Å². The molecule has 0 aliphatic heterocycles. The van der Waals surface area contributed by atoms with Gasteiger partial charge in [0.25, 0.3) is 0 Å². The summed E-state index contributed by atoms with van der Waals surface area (Å²) in [5, 5.41) is 0. The van der Waals surface area contributed by atoms with E-state index in [1.807, 2.05) is 6.20 Å². The Balaban J connectivity index is 3.16. The quantitative estimate of drug-likeness (QED) is 0.806. The van der Waals surface area contributed by atoms with Crippen LogP contribution in [0.25, 0.3) is 0 Å². The standard InChI is InChI=1S/C11H20N2OS/c1-8(7-14-5)13-9(11(2,3)4)6-12-10(13)15/h6,8H,7H2,1-5H3,(H,12,15). The highest BCUT2D eigenvalue weighted by Crippen LogP contribution is 2.25. The molecule has 1 aromatic rings. The van der Waals surface area contributed by atoms with Crippen LogP contribution in [0.2, 0.25) is 0 Å². The van der Waals surface area contributed by atoms with Crippen molar-refractivity contribution in [3.8, 4) is 0 Å². The van der Waals surface area contributed by atoms with E-state index in [4.69, 9.17) is 17.0 Å². The summed E-state index contributed by atoms with van der Waals surface area (Å²) in [5.41, 5.74) is 1.31. The van der Waals surface area contributed by atoms with E-state index in [0.29, 0.717) is 6.61 Å². The predicted molar refractivity (Wildman–Crippen MR) is 64.9 cm³/mol. The third-order valence-electron chi connectivity index (χ3n) is 2.43. The van der Waals surface area contributed by atoms with Crippen LogP contribution in [0.1, 0.15) is 39.4 Å². The highest BCUT2D eigenvalue weighted by atomic mass is 32.1. The summed E-state index contributed by atoms with van der Waals surface area (Å²) in [4.78, 5) is 3.11. The molecule has 1 N–H and O–H groups in total. The number of hydrogen-bond donors (Lipinski definition) is 1. The Morgan fingerprint density at radius 2 is 2.13 bits per heavy atom. The van der Waals surface area contributed by atoms with Crippen molar-refractivity contribution in [3.05, 3.63) is 16.7 Å². The van der Waals surface area contributed by atoms with Crippen molar-refractivity contribution in [2.75, 3.05) is 13.7 Å². The van der Waals surface area contributed by atoms with Crippen LogP contribution in [0, 0.1) is 4.77 Å². The number of imidazole rings is 1. The Hall–Kier alpha value is -0.610. The number of hydrogen-bond acceptors (Lipinski definition) is 2. The highest BCUT2D eigenvalue weighted by molar-refractivity contribution is 7.71. The largest absolute Gasteiger partial charge is 0.383 e. The van der Waals surface area contributed by atoms with Crippen LogP contribution in [0.4, 0.5) is 0 Å². The minimum Gasteiger partial charge on any atom is -0.383 e. The average molecular weight is 228 g/mol. The summed E-state index contributed by atoms with van der Waals surface area (Å²) in [5.74, 6) is 0. The van der Waals surface area contributed by atoms with Gasteiger partial charge < -0.3 is 14.3 Å². The zero-order valence-corrected chi connectivity index (χ0v) is 10.9. The maximum atomic E-state index is 5.28. The van der Waals surface area contributed by atoms with Crippen LogP contribution in [0.3, 0.4) is 0 Å². The summed E-state index contributed by atoms with van der Waals surface area (Å²) in [7, 11) is 1.71. The van der Waals surface area contributed by atoms with E-state index in [2.05, 4.69) is 37.2 Å². The number of methoxy groups -OCH3 is 1. The highest BCUT2D eigenvalue weighted by Gasteiger charge is 2.21. The summed E-state index contributed by atoms with van der Waals surface area (Å²) in [6.07, 6.45) is 1.99. The first kappa shape index (κ1) is 12.5. The monoisotopic (exact) mass is 228 g/mol. The molecular weight excluding hydrogens is 208 g/mol. The van der Waals surface area contributed by atoms with Crippen LogP contribution in [0.15, 0.2) is 6.20 Å². The lowest BCUT2D eigenvalue weighted by Crippen LogP contribution is -2.22. The SMILES string of the molecule is COCC(C)n1c(C(C)(C)C)c[nH]c1=S. The maximum Gasteiger partial charge on any atom is 0.177 e. The van der Waals surface area contributed by atoms with Gasteiger partial charge >= 0.3 is 0 Å². The van der Waals surface area contributed by atoms with E-state index in [1.165, 1.54) is 5.69 Å². The van der Waals surface area contributed by atoms with Gasteiger partial charge in [0.05, 0.1) is 12.6 Å². The molecule has 1 heterocycles. The first-order valence-electron chi connectivity index (χ1n) is 5.17. The molecule has 1 aromatic heterocycles. The second-order valence-corrected chi connectivity index (χ2v) is 5.29. The molecule has 4 heteroatoms.